The molecule has 3 rings (SSSR count). The van der Waals surface area contributed by atoms with E-state index in [1.54, 1.807) is 6.07 Å². The van der Waals surface area contributed by atoms with Gasteiger partial charge in [0.05, 0.1) is 0 Å². The summed E-state index contributed by atoms with van der Waals surface area (Å²) in [5, 5.41) is 0. The number of rotatable bonds is 7. The van der Waals surface area contributed by atoms with Crippen molar-refractivity contribution in [1.82, 2.24) is 9.47 Å². The number of piperidine rings is 1. The molecule has 1 saturated heterocycles. The van der Waals surface area contributed by atoms with Crippen LogP contribution in [0.5, 0.6) is 5.75 Å². The molecule has 0 N–H and O–H groups in total. The molecule has 26 heavy (non-hydrogen) atoms. The number of aromatic nitrogens is 1. The number of hydrogen-bond donors (Lipinski definition) is 0. The average molecular weight is 353 g/mol. The lowest BCUT2D eigenvalue weighted by molar-refractivity contribution is 0.167. The van der Waals surface area contributed by atoms with Gasteiger partial charge in [-0.3, -0.25) is 4.79 Å². The maximum absolute atomic E-state index is 12.4. The van der Waals surface area contributed by atoms with E-state index in [1.807, 2.05) is 47.2 Å². The van der Waals surface area contributed by atoms with E-state index in [0.717, 1.165) is 25.2 Å². The molecule has 2 heterocycles. The Labute approximate surface area is 156 Å². The molecule has 4 nitrogen and oxygen atoms in total. The van der Waals surface area contributed by atoms with Gasteiger partial charge in [-0.2, -0.15) is 0 Å². The summed E-state index contributed by atoms with van der Waals surface area (Å²) in [5.41, 5.74) is 1.12. The van der Waals surface area contributed by atoms with Crippen molar-refractivity contribution >= 4 is 0 Å². The minimum Gasteiger partial charge on any atom is -0.489 e. The second kappa shape index (κ2) is 9.04. The molecule has 1 fully saturated rings. The minimum absolute atomic E-state index is 0.0194. The minimum atomic E-state index is 0.0194. The van der Waals surface area contributed by atoms with Crippen molar-refractivity contribution in [3.05, 3.63) is 70.5 Å². The van der Waals surface area contributed by atoms with Crippen molar-refractivity contribution in [2.75, 3.05) is 19.6 Å². The highest BCUT2D eigenvalue weighted by Crippen LogP contribution is 2.19. The normalized spacial score (nSPS) is 18.2. The Kier molecular flexibility index (Phi) is 6.51. The van der Waals surface area contributed by atoms with Gasteiger partial charge < -0.3 is 14.2 Å². The summed E-state index contributed by atoms with van der Waals surface area (Å²) >= 11 is 0. The molecule has 139 valence electrons. The van der Waals surface area contributed by atoms with Crippen LogP contribution in [0.2, 0.25) is 0 Å². The van der Waals surface area contributed by atoms with Crippen LogP contribution in [0.1, 0.15) is 32.3 Å². The van der Waals surface area contributed by atoms with Crippen molar-refractivity contribution in [3.8, 4) is 5.75 Å². The molecule has 1 aromatic carbocycles. The van der Waals surface area contributed by atoms with E-state index in [2.05, 4.69) is 18.7 Å². The van der Waals surface area contributed by atoms with Crippen molar-refractivity contribution < 1.29 is 4.74 Å². The number of likely N-dealkylation sites (tertiary alicyclic amines) is 1. The highest BCUT2D eigenvalue weighted by Gasteiger charge is 2.21. The van der Waals surface area contributed by atoms with Crippen molar-refractivity contribution in [3.63, 3.8) is 0 Å². The van der Waals surface area contributed by atoms with Gasteiger partial charge in [0.1, 0.15) is 12.4 Å². The third kappa shape index (κ3) is 5.46. The predicted molar refractivity (Wildman–Crippen MR) is 105 cm³/mol. The average Bonchev–Trinajstić information content (AvgIpc) is 2.63. The summed E-state index contributed by atoms with van der Waals surface area (Å²) in [4.78, 5) is 15.0. The maximum atomic E-state index is 12.4. The van der Waals surface area contributed by atoms with E-state index in [9.17, 15) is 4.79 Å². The summed E-state index contributed by atoms with van der Waals surface area (Å²) < 4.78 is 7.58. The molecule has 1 aromatic heterocycles. The molecule has 1 aliphatic rings. The zero-order chi connectivity index (χ0) is 18.4. The van der Waals surface area contributed by atoms with Gasteiger partial charge in [0.25, 0.3) is 5.56 Å². The van der Waals surface area contributed by atoms with Gasteiger partial charge >= 0.3 is 0 Å². The van der Waals surface area contributed by atoms with Crippen LogP contribution in [0.4, 0.5) is 0 Å². The zero-order valence-electron chi connectivity index (χ0n) is 15.9. The second-order valence-electron chi connectivity index (χ2n) is 7.58. The maximum Gasteiger partial charge on any atom is 0.254 e. The van der Waals surface area contributed by atoms with Gasteiger partial charge in [0.2, 0.25) is 0 Å². The van der Waals surface area contributed by atoms with Crippen LogP contribution in [0.15, 0.2) is 53.5 Å². The Balaban J connectivity index is 1.56. The lowest BCUT2D eigenvalue weighted by Gasteiger charge is -2.33. The molecular weight excluding hydrogens is 324 g/mol. The molecule has 1 radical (unpaired) electrons. The third-order valence-electron chi connectivity index (χ3n) is 4.81. The van der Waals surface area contributed by atoms with E-state index in [1.165, 1.54) is 25.3 Å². The van der Waals surface area contributed by atoms with E-state index >= 15 is 0 Å². The monoisotopic (exact) mass is 353 g/mol. The number of pyridine rings is 1. The Morgan fingerprint density at radius 3 is 2.73 bits per heavy atom. The highest BCUT2D eigenvalue weighted by molar-refractivity contribution is 5.20. The molecule has 0 amide bonds. The van der Waals surface area contributed by atoms with Gasteiger partial charge in [0.15, 0.2) is 0 Å². The topological polar surface area (TPSA) is 34.5 Å². The van der Waals surface area contributed by atoms with Gasteiger partial charge in [-0.25, -0.2) is 0 Å². The molecule has 0 aliphatic carbocycles. The van der Waals surface area contributed by atoms with E-state index < -0.39 is 0 Å². The fraction of sp³-hybridized carbons (Fsp3) is 0.455. The summed E-state index contributed by atoms with van der Waals surface area (Å²) in [7, 11) is 0. The SMILES string of the molecule is C[C](C)CN1CCCC(Cn2ccc(OCc3ccccc3)cc2=O)C1. The van der Waals surface area contributed by atoms with Crippen LogP contribution in [-0.4, -0.2) is 29.1 Å². The van der Waals surface area contributed by atoms with Crippen LogP contribution >= 0.6 is 0 Å². The van der Waals surface area contributed by atoms with Crippen LogP contribution in [0.3, 0.4) is 0 Å². The molecule has 2 aromatic rings. The Hall–Kier alpha value is -2.07. The Morgan fingerprint density at radius 1 is 1.19 bits per heavy atom. The first-order chi connectivity index (χ1) is 12.6. The molecule has 0 bridgehead atoms. The van der Waals surface area contributed by atoms with Crippen molar-refractivity contribution in [2.45, 2.75) is 39.8 Å². The van der Waals surface area contributed by atoms with Crippen LogP contribution in [0.25, 0.3) is 0 Å². The van der Waals surface area contributed by atoms with Crippen molar-refractivity contribution in [1.29, 1.82) is 0 Å². The first-order valence-corrected chi connectivity index (χ1v) is 9.49. The fourth-order valence-electron chi connectivity index (χ4n) is 3.64. The zero-order valence-corrected chi connectivity index (χ0v) is 15.9. The molecule has 1 unspecified atom stereocenters. The largest absolute Gasteiger partial charge is 0.489 e. The molecule has 0 spiro atoms. The molecule has 4 heteroatoms. The van der Waals surface area contributed by atoms with Crippen molar-refractivity contribution in [2.24, 2.45) is 5.92 Å². The number of hydrogen-bond acceptors (Lipinski definition) is 3. The van der Waals surface area contributed by atoms with Crippen LogP contribution < -0.4 is 10.3 Å². The Morgan fingerprint density at radius 2 is 2.00 bits per heavy atom. The molecular formula is C22H29N2O2. The van der Waals surface area contributed by atoms with Gasteiger partial charge in [-0.1, -0.05) is 44.2 Å². The number of ether oxygens (including phenoxy) is 1. The van der Waals surface area contributed by atoms with Crippen LogP contribution in [0, 0.1) is 11.8 Å². The van der Waals surface area contributed by atoms with Gasteiger partial charge in [0, 0.05) is 31.9 Å². The van der Waals surface area contributed by atoms with Gasteiger partial charge in [-0.05, 0) is 42.9 Å². The lowest BCUT2D eigenvalue weighted by Crippen LogP contribution is -2.39. The molecule has 1 atom stereocenters. The lowest BCUT2D eigenvalue weighted by atomic mass is 9.97. The second-order valence-corrected chi connectivity index (χ2v) is 7.58. The summed E-state index contributed by atoms with van der Waals surface area (Å²) in [5.74, 6) is 2.62. The first-order valence-electron chi connectivity index (χ1n) is 9.49. The molecule has 1 aliphatic heterocycles. The third-order valence-corrected chi connectivity index (χ3v) is 4.81. The van der Waals surface area contributed by atoms with Gasteiger partial charge in [-0.15, -0.1) is 0 Å². The smallest absolute Gasteiger partial charge is 0.254 e. The molecule has 0 saturated carbocycles. The standard InChI is InChI=1S/C22H29N2O2/c1-18(2)14-23-11-6-9-20(15-23)16-24-12-10-21(13-22(24)25)26-17-19-7-4-3-5-8-19/h3-5,7-8,10,12-13,20H,6,9,11,14-17H2,1-2H3. The van der Waals surface area contributed by atoms with E-state index in [4.69, 9.17) is 4.74 Å². The van der Waals surface area contributed by atoms with E-state index in [0.29, 0.717) is 18.3 Å². The Bertz CT molecular complexity index is 739. The predicted octanol–water partition coefficient (Wildman–Crippen LogP) is 3.75. The quantitative estimate of drug-likeness (QED) is 0.760. The van der Waals surface area contributed by atoms with Crippen LogP contribution in [-0.2, 0) is 13.2 Å². The van der Waals surface area contributed by atoms with E-state index in [-0.39, 0.29) is 5.56 Å². The summed E-state index contributed by atoms with van der Waals surface area (Å²) in [6, 6.07) is 13.5. The summed E-state index contributed by atoms with van der Waals surface area (Å²) in [6.45, 7) is 8.95. The fourth-order valence-corrected chi connectivity index (χ4v) is 3.64. The first kappa shape index (κ1) is 18.7. The highest BCUT2D eigenvalue weighted by atomic mass is 16.5. The number of benzene rings is 1. The number of nitrogens with zero attached hydrogens (tertiary/aromatic N) is 2. The summed E-state index contributed by atoms with van der Waals surface area (Å²) in [6.07, 6.45) is 4.28.